The van der Waals surface area contributed by atoms with E-state index in [0.717, 1.165) is 57.2 Å². The molecule has 0 unspecified atom stereocenters. The topological polar surface area (TPSA) is 69.5 Å². The van der Waals surface area contributed by atoms with Gasteiger partial charge >= 0.3 is 0 Å². The highest BCUT2D eigenvalue weighted by molar-refractivity contribution is 5.83. The summed E-state index contributed by atoms with van der Waals surface area (Å²) < 4.78 is 13.3. The second-order valence-electron chi connectivity index (χ2n) is 9.03. The van der Waals surface area contributed by atoms with Gasteiger partial charge in [-0.15, -0.1) is 18.3 Å². The quantitative estimate of drug-likeness (QED) is 0.117. The van der Waals surface area contributed by atoms with Gasteiger partial charge < -0.3 is 14.4 Å². The summed E-state index contributed by atoms with van der Waals surface area (Å²) in [6.07, 6.45) is 12.8. The highest BCUT2D eigenvalue weighted by Gasteiger charge is 2.14. The van der Waals surface area contributed by atoms with Crippen LogP contribution in [0.25, 0.3) is 22.0 Å². The number of benzene rings is 1. The zero-order valence-electron chi connectivity index (χ0n) is 24.0. The molecule has 0 saturated heterocycles. The van der Waals surface area contributed by atoms with E-state index in [2.05, 4.69) is 49.5 Å². The summed E-state index contributed by atoms with van der Waals surface area (Å²) in [6, 6.07) is 10.3. The molecule has 0 atom stereocenters. The number of allylic oxidation sites excluding steroid dienone is 6. The van der Waals surface area contributed by atoms with E-state index < -0.39 is 0 Å². The van der Waals surface area contributed by atoms with Gasteiger partial charge in [-0.1, -0.05) is 37.3 Å². The van der Waals surface area contributed by atoms with Gasteiger partial charge in [-0.3, -0.25) is 9.48 Å². The molecule has 1 aromatic carbocycles. The monoisotopic (exact) mass is 528 g/mol. The maximum atomic E-state index is 10.9. The van der Waals surface area contributed by atoms with Crippen LogP contribution >= 0.6 is 0 Å². The number of carbonyl (C=O) groups is 1. The van der Waals surface area contributed by atoms with Gasteiger partial charge in [-0.05, 0) is 48.8 Å². The fourth-order valence-electron chi connectivity index (χ4n) is 3.94. The molecule has 0 amide bonds. The van der Waals surface area contributed by atoms with E-state index in [9.17, 15) is 4.79 Å². The Morgan fingerprint density at radius 3 is 2.59 bits per heavy atom. The third-order valence-electron chi connectivity index (χ3n) is 5.65. The van der Waals surface area contributed by atoms with Gasteiger partial charge in [0.25, 0.3) is 0 Å². The summed E-state index contributed by atoms with van der Waals surface area (Å²) in [6.45, 7) is 11.0. The molecule has 206 valence electrons. The van der Waals surface area contributed by atoms with Gasteiger partial charge in [0.1, 0.15) is 12.9 Å². The van der Waals surface area contributed by atoms with Crippen molar-refractivity contribution >= 4 is 28.3 Å². The van der Waals surface area contributed by atoms with Gasteiger partial charge in [0.15, 0.2) is 0 Å². The first-order valence-electron chi connectivity index (χ1n) is 12.8. The Morgan fingerprint density at radius 2 is 1.92 bits per heavy atom. The Morgan fingerprint density at radius 1 is 1.18 bits per heavy atom. The number of hydrogen-bond acceptors (Lipinski definition) is 6. The first kappa shape index (κ1) is 31.0. The van der Waals surface area contributed by atoms with Crippen LogP contribution in [-0.2, 0) is 23.2 Å². The smallest absolute Gasteiger partial charge is 0.241 e. The number of ether oxygens (including phenoxy) is 2. The van der Waals surface area contributed by atoms with E-state index in [1.165, 1.54) is 6.08 Å². The van der Waals surface area contributed by atoms with E-state index in [0.29, 0.717) is 19.1 Å². The molecule has 3 rings (SSSR count). The third kappa shape index (κ3) is 8.93. The Hall–Kier alpha value is -4.23. The van der Waals surface area contributed by atoms with Crippen LogP contribution in [0.1, 0.15) is 37.1 Å². The lowest BCUT2D eigenvalue weighted by molar-refractivity contribution is -0.104. The van der Waals surface area contributed by atoms with E-state index in [1.54, 1.807) is 17.9 Å². The average molecular weight is 529 g/mol. The molecule has 2 aromatic heterocycles. The molecular formula is C32H40N4O3. The number of fused-ring (bicyclic) bond motifs is 1. The number of hydrogen-bond donors (Lipinski definition) is 0. The van der Waals surface area contributed by atoms with Crippen LogP contribution in [0, 0.1) is 0 Å². The van der Waals surface area contributed by atoms with Crippen molar-refractivity contribution in [1.29, 1.82) is 0 Å². The van der Waals surface area contributed by atoms with Crippen molar-refractivity contribution in [2.45, 2.75) is 26.9 Å². The van der Waals surface area contributed by atoms with Gasteiger partial charge in [0.2, 0.25) is 5.88 Å². The number of para-hydroxylation sites is 1. The maximum Gasteiger partial charge on any atom is 0.241 e. The van der Waals surface area contributed by atoms with Crippen LogP contribution < -0.4 is 4.74 Å². The van der Waals surface area contributed by atoms with Crippen molar-refractivity contribution in [3.8, 4) is 5.88 Å². The highest BCUT2D eigenvalue weighted by atomic mass is 16.5. The van der Waals surface area contributed by atoms with Crippen molar-refractivity contribution < 1.29 is 14.3 Å². The fourth-order valence-corrected chi connectivity index (χ4v) is 3.94. The van der Waals surface area contributed by atoms with Crippen LogP contribution in [0.3, 0.4) is 0 Å². The summed E-state index contributed by atoms with van der Waals surface area (Å²) >= 11 is 0. The molecule has 0 fully saturated rings. The molecule has 2 heterocycles. The number of nitrogens with zero attached hydrogens (tertiary/aromatic N) is 4. The molecule has 39 heavy (non-hydrogen) atoms. The molecular weight excluding hydrogens is 488 g/mol. The van der Waals surface area contributed by atoms with E-state index in [4.69, 9.17) is 14.5 Å². The Bertz CT molecular complexity index is 1360. The molecule has 3 aromatic rings. The number of carbonyl (C=O) groups excluding carboxylic acids is 1. The van der Waals surface area contributed by atoms with Crippen molar-refractivity contribution in [3.63, 3.8) is 0 Å². The normalized spacial score (nSPS) is 12.4. The fraction of sp³-hybridized carbons (Fsp3) is 0.281. The van der Waals surface area contributed by atoms with Gasteiger partial charge in [0.05, 0.1) is 23.4 Å². The number of aldehydes is 1. The number of aromatic nitrogens is 3. The standard InChI is InChI=1S/C30H36N4O3.C2H4/c1-7-23(29-26(21-36-6)17-24-11-8-9-13-28(24)31-29)15-14-22(2)20-37-30-27(19-34(5)32-30)25(12-10-16-35)18-33(3)4;1-2/h8-19H,7,20-21H2,1-6H3;1-2H2/b12-10-,22-14+,23-15+,25-18+;. The van der Waals surface area contributed by atoms with Gasteiger partial charge in [-0.2, -0.15) is 0 Å². The van der Waals surface area contributed by atoms with Crippen molar-refractivity contribution in [3.05, 3.63) is 103 Å². The lowest BCUT2D eigenvalue weighted by Crippen LogP contribution is -2.04. The molecule has 0 radical (unpaired) electrons. The predicted octanol–water partition coefficient (Wildman–Crippen LogP) is 6.39. The summed E-state index contributed by atoms with van der Waals surface area (Å²) in [5, 5.41) is 5.59. The molecule has 0 aliphatic rings. The summed E-state index contributed by atoms with van der Waals surface area (Å²) in [7, 11) is 7.41. The SMILES string of the molecule is C=C.CC/C(=C\C=C(/C)COc1nn(C)cc1C(/C=C\C=O)=C/N(C)C)c1nc2ccccc2cc1COC. The predicted molar refractivity (Wildman–Crippen MR) is 161 cm³/mol. The molecule has 0 spiro atoms. The minimum absolute atomic E-state index is 0.375. The van der Waals surface area contributed by atoms with Gasteiger partial charge in [-0.25, -0.2) is 4.98 Å². The first-order chi connectivity index (χ1) is 18.9. The average Bonchev–Trinajstić information content (AvgIpc) is 3.31. The van der Waals surface area contributed by atoms with Crippen molar-refractivity contribution in [2.75, 3.05) is 27.8 Å². The van der Waals surface area contributed by atoms with Crippen LogP contribution in [0.5, 0.6) is 5.88 Å². The second-order valence-corrected chi connectivity index (χ2v) is 9.03. The first-order valence-corrected chi connectivity index (χ1v) is 12.8. The Kier molecular flexibility index (Phi) is 12.6. The van der Waals surface area contributed by atoms with E-state index in [1.807, 2.05) is 63.6 Å². The molecule has 0 saturated carbocycles. The molecule has 7 heteroatoms. The van der Waals surface area contributed by atoms with Crippen molar-refractivity contribution in [1.82, 2.24) is 19.7 Å². The molecule has 0 aliphatic carbocycles. The lowest BCUT2D eigenvalue weighted by Gasteiger charge is -2.12. The van der Waals surface area contributed by atoms with Crippen LogP contribution in [-0.4, -0.2) is 53.8 Å². The van der Waals surface area contributed by atoms with E-state index in [-0.39, 0.29) is 0 Å². The number of rotatable bonds is 12. The van der Waals surface area contributed by atoms with Crippen molar-refractivity contribution in [2.24, 2.45) is 7.05 Å². The third-order valence-corrected chi connectivity index (χ3v) is 5.65. The number of methoxy groups -OCH3 is 1. The zero-order chi connectivity index (χ0) is 28.8. The Balaban J connectivity index is 0.00000260. The lowest BCUT2D eigenvalue weighted by atomic mass is 10.0. The summed E-state index contributed by atoms with van der Waals surface area (Å²) in [5.41, 5.74) is 6.82. The van der Waals surface area contributed by atoms with Crippen LogP contribution in [0.4, 0.5) is 0 Å². The zero-order valence-corrected chi connectivity index (χ0v) is 24.0. The number of aryl methyl sites for hydroxylation is 1. The van der Waals surface area contributed by atoms with Crippen LogP contribution in [0.2, 0.25) is 0 Å². The highest BCUT2D eigenvalue weighted by Crippen LogP contribution is 2.27. The largest absolute Gasteiger partial charge is 0.472 e. The Labute approximate surface area is 232 Å². The summed E-state index contributed by atoms with van der Waals surface area (Å²) in [4.78, 5) is 17.8. The van der Waals surface area contributed by atoms with Gasteiger partial charge in [0, 0.05) is 57.2 Å². The second kappa shape index (κ2) is 15.9. The molecule has 7 nitrogen and oxygen atoms in total. The molecule has 0 aliphatic heterocycles. The minimum atomic E-state index is 0.375. The van der Waals surface area contributed by atoms with E-state index >= 15 is 0 Å². The molecule has 0 bridgehead atoms. The number of pyridine rings is 1. The maximum absolute atomic E-state index is 10.9. The summed E-state index contributed by atoms with van der Waals surface area (Å²) in [5.74, 6) is 0.511. The molecule has 0 N–H and O–H groups in total. The minimum Gasteiger partial charge on any atom is -0.472 e. The van der Waals surface area contributed by atoms with Crippen LogP contribution in [0.15, 0.2) is 85.8 Å².